The van der Waals surface area contributed by atoms with Gasteiger partial charge in [-0.05, 0) is 38.7 Å². The summed E-state index contributed by atoms with van der Waals surface area (Å²) in [5.41, 5.74) is 2.20. The minimum Gasteiger partial charge on any atom is -0.508 e. The molecular formula is C13H19NO. The maximum absolute atomic E-state index is 9.66. The molecule has 82 valence electrons. The Balaban J connectivity index is 1.94. The third-order valence-electron chi connectivity index (χ3n) is 3.18. The summed E-state index contributed by atoms with van der Waals surface area (Å²) in [5, 5.41) is 13.1. The average Bonchev–Trinajstić information content (AvgIpc) is 3.02. The van der Waals surface area contributed by atoms with Gasteiger partial charge in [-0.15, -0.1) is 0 Å². The van der Waals surface area contributed by atoms with Crippen LogP contribution in [-0.2, 0) is 6.54 Å². The number of hydrogen-bond donors (Lipinski definition) is 2. The molecule has 2 N–H and O–H groups in total. The fraction of sp³-hybridized carbons (Fsp3) is 0.538. The van der Waals surface area contributed by atoms with Gasteiger partial charge in [0.1, 0.15) is 5.75 Å². The Morgan fingerprint density at radius 1 is 1.47 bits per heavy atom. The molecule has 1 aliphatic carbocycles. The second-order valence-electron chi connectivity index (χ2n) is 4.64. The Morgan fingerprint density at radius 2 is 2.20 bits per heavy atom. The van der Waals surface area contributed by atoms with Crippen molar-refractivity contribution in [3.8, 4) is 5.75 Å². The van der Waals surface area contributed by atoms with E-state index in [0.29, 0.717) is 11.8 Å². The van der Waals surface area contributed by atoms with Gasteiger partial charge >= 0.3 is 0 Å². The third kappa shape index (κ3) is 2.72. The Kier molecular flexibility index (Phi) is 2.96. The lowest BCUT2D eigenvalue weighted by molar-refractivity contribution is 0.451. The molecule has 1 saturated carbocycles. The van der Waals surface area contributed by atoms with Crippen LogP contribution in [0.5, 0.6) is 5.75 Å². The molecule has 0 amide bonds. The lowest BCUT2D eigenvalue weighted by Crippen LogP contribution is -2.27. The van der Waals surface area contributed by atoms with Crippen LogP contribution in [0, 0.1) is 12.8 Å². The second kappa shape index (κ2) is 4.23. The second-order valence-corrected chi connectivity index (χ2v) is 4.64. The van der Waals surface area contributed by atoms with Crippen molar-refractivity contribution in [2.24, 2.45) is 5.92 Å². The minimum atomic E-state index is 0.399. The Hall–Kier alpha value is -1.02. The highest BCUT2D eigenvalue weighted by Crippen LogP contribution is 2.32. The quantitative estimate of drug-likeness (QED) is 0.792. The van der Waals surface area contributed by atoms with Crippen molar-refractivity contribution in [2.45, 2.75) is 39.3 Å². The summed E-state index contributed by atoms with van der Waals surface area (Å²) in [6.07, 6.45) is 2.71. The van der Waals surface area contributed by atoms with Crippen molar-refractivity contribution in [3.05, 3.63) is 29.3 Å². The topological polar surface area (TPSA) is 32.3 Å². The summed E-state index contributed by atoms with van der Waals surface area (Å²) in [7, 11) is 0. The highest BCUT2D eigenvalue weighted by molar-refractivity contribution is 5.35. The number of aromatic hydroxyl groups is 1. The maximum Gasteiger partial charge on any atom is 0.120 e. The zero-order chi connectivity index (χ0) is 10.8. The number of nitrogens with one attached hydrogen (secondary N) is 1. The first kappa shape index (κ1) is 10.5. The molecule has 0 radical (unpaired) electrons. The Morgan fingerprint density at radius 3 is 2.87 bits per heavy atom. The molecule has 1 aromatic carbocycles. The van der Waals surface area contributed by atoms with Crippen LogP contribution in [0.3, 0.4) is 0 Å². The molecule has 1 aromatic rings. The summed E-state index contributed by atoms with van der Waals surface area (Å²) in [6, 6.07) is 6.32. The monoisotopic (exact) mass is 205 g/mol. The predicted molar refractivity (Wildman–Crippen MR) is 61.9 cm³/mol. The standard InChI is InChI=1S/C13H19NO/c1-9-3-6-13(15)12(7-9)8-14-10(2)11-4-5-11/h3,6-7,10-11,14-15H,4-5,8H2,1-2H3. The van der Waals surface area contributed by atoms with E-state index in [1.54, 1.807) is 6.07 Å². The molecule has 2 nitrogen and oxygen atoms in total. The van der Waals surface area contributed by atoms with Crippen LogP contribution in [0.4, 0.5) is 0 Å². The predicted octanol–water partition coefficient (Wildman–Crippen LogP) is 2.59. The molecule has 0 aliphatic heterocycles. The highest BCUT2D eigenvalue weighted by atomic mass is 16.3. The van der Waals surface area contributed by atoms with Crippen LogP contribution in [0.25, 0.3) is 0 Å². The molecule has 0 spiro atoms. The van der Waals surface area contributed by atoms with Gasteiger partial charge in [0.15, 0.2) is 0 Å². The molecule has 0 bridgehead atoms. The van der Waals surface area contributed by atoms with E-state index >= 15 is 0 Å². The zero-order valence-corrected chi connectivity index (χ0v) is 9.46. The first-order valence-corrected chi connectivity index (χ1v) is 5.68. The molecule has 0 aromatic heterocycles. The van der Waals surface area contributed by atoms with Crippen LogP contribution in [0.1, 0.15) is 30.9 Å². The van der Waals surface area contributed by atoms with Crippen molar-refractivity contribution < 1.29 is 5.11 Å². The van der Waals surface area contributed by atoms with Gasteiger partial charge in [-0.1, -0.05) is 17.7 Å². The van der Waals surface area contributed by atoms with E-state index in [9.17, 15) is 5.11 Å². The molecule has 0 saturated heterocycles. The highest BCUT2D eigenvalue weighted by Gasteiger charge is 2.27. The van der Waals surface area contributed by atoms with Gasteiger partial charge in [0.2, 0.25) is 0 Å². The molecule has 2 heteroatoms. The van der Waals surface area contributed by atoms with E-state index < -0.39 is 0 Å². The summed E-state index contributed by atoms with van der Waals surface area (Å²) in [4.78, 5) is 0. The van der Waals surface area contributed by atoms with Crippen molar-refractivity contribution in [3.63, 3.8) is 0 Å². The third-order valence-corrected chi connectivity index (χ3v) is 3.18. The number of aryl methyl sites for hydroxylation is 1. The van der Waals surface area contributed by atoms with Crippen LogP contribution in [0.2, 0.25) is 0 Å². The maximum atomic E-state index is 9.66. The smallest absolute Gasteiger partial charge is 0.120 e. The lowest BCUT2D eigenvalue weighted by Gasteiger charge is -2.13. The van der Waals surface area contributed by atoms with E-state index in [2.05, 4.69) is 12.2 Å². The first-order valence-electron chi connectivity index (χ1n) is 5.68. The van der Waals surface area contributed by atoms with Crippen molar-refractivity contribution in [1.29, 1.82) is 0 Å². The van der Waals surface area contributed by atoms with Gasteiger partial charge in [0, 0.05) is 18.2 Å². The summed E-state index contributed by atoms with van der Waals surface area (Å²) < 4.78 is 0. The van der Waals surface area contributed by atoms with Gasteiger partial charge in [0.25, 0.3) is 0 Å². The number of hydrogen-bond acceptors (Lipinski definition) is 2. The fourth-order valence-corrected chi connectivity index (χ4v) is 1.89. The zero-order valence-electron chi connectivity index (χ0n) is 9.46. The summed E-state index contributed by atoms with van der Waals surface area (Å²) in [5.74, 6) is 1.26. The number of benzene rings is 1. The SMILES string of the molecule is Cc1ccc(O)c(CNC(C)C2CC2)c1. The lowest BCUT2D eigenvalue weighted by atomic mass is 10.1. The van der Waals surface area contributed by atoms with Crippen LogP contribution < -0.4 is 5.32 Å². The van der Waals surface area contributed by atoms with E-state index in [0.717, 1.165) is 18.0 Å². The first-order chi connectivity index (χ1) is 7.16. The van der Waals surface area contributed by atoms with Crippen LogP contribution in [-0.4, -0.2) is 11.1 Å². The molecule has 15 heavy (non-hydrogen) atoms. The Labute approximate surface area is 91.3 Å². The molecule has 1 atom stereocenters. The fourth-order valence-electron chi connectivity index (χ4n) is 1.89. The van der Waals surface area contributed by atoms with Gasteiger partial charge in [-0.25, -0.2) is 0 Å². The van der Waals surface area contributed by atoms with E-state index in [4.69, 9.17) is 0 Å². The molecule has 2 rings (SSSR count). The molecule has 0 heterocycles. The Bertz CT molecular complexity index is 344. The molecular weight excluding hydrogens is 186 g/mol. The average molecular weight is 205 g/mol. The normalized spacial score (nSPS) is 17.7. The number of phenolic OH excluding ortho intramolecular Hbond substituents is 1. The van der Waals surface area contributed by atoms with E-state index in [1.807, 2.05) is 19.1 Å². The van der Waals surface area contributed by atoms with Gasteiger partial charge in [-0.2, -0.15) is 0 Å². The van der Waals surface area contributed by atoms with Crippen LogP contribution >= 0.6 is 0 Å². The van der Waals surface area contributed by atoms with Gasteiger partial charge in [0.05, 0.1) is 0 Å². The molecule has 1 unspecified atom stereocenters. The van der Waals surface area contributed by atoms with Gasteiger partial charge in [-0.3, -0.25) is 0 Å². The van der Waals surface area contributed by atoms with Crippen LogP contribution in [0.15, 0.2) is 18.2 Å². The van der Waals surface area contributed by atoms with Crippen molar-refractivity contribution in [1.82, 2.24) is 5.32 Å². The van der Waals surface area contributed by atoms with E-state index in [-0.39, 0.29) is 0 Å². The summed E-state index contributed by atoms with van der Waals surface area (Å²) >= 11 is 0. The molecule has 1 aliphatic rings. The number of phenols is 1. The number of rotatable bonds is 4. The van der Waals surface area contributed by atoms with Gasteiger partial charge < -0.3 is 10.4 Å². The van der Waals surface area contributed by atoms with Crippen molar-refractivity contribution >= 4 is 0 Å². The largest absolute Gasteiger partial charge is 0.508 e. The minimum absolute atomic E-state index is 0.399. The molecule has 1 fully saturated rings. The van der Waals surface area contributed by atoms with Crippen molar-refractivity contribution in [2.75, 3.05) is 0 Å². The van der Waals surface area contributed by atoms with E-state index in [1.165, 1.54) is 18.4 Å². The summed E-state index contributed by atoms with van der Waals surface area (Å²) in [6.45, 7) is 5.04.